The van der Waals surface area contributed by atoms with Crippen LogP contribution in [0.15, 0.2) is 72.8 Å². The minimum absolute atomic E-state index is 0.00732. The van der Waals surface area contributed by atoms with Crippen molar-refractivity contribution in [3.8, 4) is 5.75 Å². The summed E-state index contributed by atoms with van der Waals surface area (Å²) in [6.45, 7) is 10.8. The first-order valence-electron chi connectivity index (χ1n) is 13.2. The van der Waals surface area contributed by atoms with Crippen LogP contribution in [0.1, 0.15) is 51.3 Å². The van der Waals surface area contributed by atoms with Crippen LogP contribution in [0.5, 0.6) is 5.75 Å². The highest BCUT2D eigenvalue weighted by atomic mass is 35.5. The molecular weight excluding hydrogens is 531 g/mol. The first-order chi connectivity index (χ1) is 18.5. The number of hydrogen-bond donors (Lipinski definition) is 1. The molecule has 3 aromatic rings. The standard InChI is InChI=1S/C32H38Cl2N2O3/c1-22(2)19-35-31(38)29(18-23-10-7-6-8-11-23)36(20-26-27(33)12-9-13-28(26)34)30(37)21-39-25-16-14-24(15-17-25)32(3,4)5/h6-17,22,29H,18-21H2,1-5H3,(H,35,38)/t29-/m1/s1. The summed E-state index contributed by atoms with van der Waals surface area (Å²) in [4.78, 5) is 28.9. The average molecular weight is 570 g/mol. The van der Waals surface area contributed by atoms with Gasteiger partial charge in [0.1, 0.15) is 11.8 Å². The Bertz CT molecular complexity index is 1220. The summed E-state index contributed by atoms with van der Waals surface area (Å²) in [6, 6.07) is 21.8. The summed E-state index contributed by atoms with van der Waals surface area (Å²) in [5.74, 6) is 0.258. The summed E-state index contributed by atoms with van der Waals surface area (Å²) in [6.07, 6.45) is 0.332. The number of ether oxygens (including phenoxy) is 1. The van der Waals surface area contributed by atoms with Gasteiger partial charge in [0.2, 0.25) is 5.91 Å². The molecule has 208 valence electrons. The molecule has 0 heterocycles. The van der Waals surface area contributed by atoms with E-state index in [0.29, 0.717) is 34.3 Å². The normalized spacial score (nSPS) is 12.2. The Labute approximate surface area is 242 Å². The molecule has 0 spiro atoms. The van der Waals surface area contributed by atoms with Crippen molar-refractivity contribution < 1.29 is 14.3 Å². The van der Waals surface area contributed by atoms with Crippen LogP contribution < -0.4 is 10.1 Å². The first-order valence-corrected chi connectivity index (χ1v) is 14.0. The van der Waals surface area contributed by atoms with Gasteiger partial charge in [0.05, 0.1) is 0 Å². The third-order valence-electron chi connectivity index (χ3n) is 6.43. The number of carbonyl (C=O) groups is 2. The fourth-order valence-electron chi connectivity index (χ4n) is 4.11. The Morgan fingerprint density at radius 3 is 2.08 bits per heavy atom. The van der Waals surface area contributed by atoms with E-state index in [0.717, 1.165) is 5.56 Å². The monoisotopic (exact) mass is 568 g/mol. The number of hydrogen-bond acceptors (Lipinski definition) is 3. The zero-order valence-electron chi connectivity index (χ0n) is 23.3. The summed E-state index contributed by atoms with van der Waals surface area (Å²) in [5, 5.41) is 3.87. The molecule has 3 aromatic carbocycles. The number of halogens is 2. The number of carbonyl (C=O) groups excluding carboxylic acids is 2. The lowest BCUT2D eigenvalue weighted by Crippen LogP contribution is -2.52. The number of nitrogens with one attached hydrogen (secondary N) is 1. The molecule has 0 saturated heterocycles. The molecule has 5 nitrogen and oxygen atoms in total. The molecule has 7 heteroatoms. The number of rotatable bonds is 11. The van der Waals surface area contributed by atoms with Gasteiger partial charge in [0.25, 0.3) is 5.91 Å². The molecule has 0 fully saturated rings. The van der Waals surface area contributed by atoms with E-state index in [1.165, 1.54) is 10.5 Å². The van der Waals surface area contributed by atoms with Crippen molar-refractivity contribution in [2.75, 3.05) is 13.2 Å². The third kappa shape index (κ3) is 9.01. The average Bonchev–Trinajstić information content (AvgIpc) is 2.89. The molecule has 2 amide bonds. The minimum Gasteiger partial charge on any atom is -0.484 e. The first kappa shape index (κ1) is 30.5. The van der Waals surface area contributed by atoms with E-state index in [9.17, 15) is 9.59 Å². The van der Waals surface area contributed by atoms with Gasteiger partial charge in [-0.25, -0.2) is 0 Å². The van der Waals surface area contributed by atoms with E-state index in [1.54, 1.807) is 18.2 Å². The lowest BCUT2D eigenvalue weighted by atomic mass is 9.87. The van der Waals surface area contributed by atoms with Gasteiger partial charge < -0.3 is 15.0 Å². The maximum Gasteiger partial charge on any atom is 0.261 e. The second kappa shape index (κ2) is 13.9. The van der Waals surface area contributed by atoms with E-state index in [-0.39, 0.29) is 36.3 Å². The minimum atomic E-state index is -0.794. The van der Waals surface area contributed by atoms with Crippen LogP contribution in [-0.4, -0.2) is 35.9 Å². The molecule has 0 aliphatic heterocycles. The van der Waals surface area contributed by atoms with E-state index in [4.69, 9.17) is 27.9 Å². The lowest BCUT2D eigenvalue weighted by molar-refractivity contribution is -0.142. The SMILES string of the molecule is CC(C)CNC(=O)[C@@H](Cc1ccccc1)N(Cc1c(Cl)cccc1Cl)C(=O)COc1ccc(C(C)(C)C)cc1. The molecule has 39 heavy (non-hydrogen) atoms. The molecule has 0 bridgehead atoms. The Balaban J connectivity index is 1.92. The summed E-state index contributed by atoms with van der Waals surface area (Å²) < 4.78 is 5.90. The third-order valence-corrected chi connectivity index (χ3v) is 7.14. The number of amides is 2. The van der Waals surface area contributed by atoms with Gasteiger partial charge in [-0.3, -0.25) is 9.59 Å². The van der Waals surface area contributed by atoms with Crippen molar-refractivity contribution in [1.29, 1.82) is 0 Å². The Morgan fingerprint density at radius 2 is 1.51 bits per heavy atom. The fraction of sp³-hybridized carbons (Fsp3) is 0.375. The molecule has 0 unspecified atom stereocenters. The van der Waals surface area contributed by atoms with Gasteiger partial charge >= 0.3 is 0 Å². The summed E-state index contributed by atoms with van der Waals surface area (Å²) in [7, 11) is 0. The molecule has 0 aliphatic carbocycles. The zero-order valence-corrected chi connectivity index (χ0v) is 24.9. The van der Waals surface area contributed by atoms with Crippen LogP contribution >= 0.6 is 23.2 Å². The van der Waals surface area contributed by atoms with Crippen molar-refractivity contribution in [3.05, 3.63) is 99.5 Å². The predicted molar refractivity (Wildman–Crippen MR) is 159 cm³/mol. The van der Waals surface area contributed by atoms with Gasteiger partial charge in [-0.2, -0.15) is 0 Å². The Hall–Kier alpha value is -3.02. The van der Waals surface area contributed by atoms with Gasteiger partial charge in [-0.15, -0.1) is 0 Å². The fourth-order valence-corrected chi connectivity index (χ4v) is 4.63. The van der Waals surface area contributed by atoms with Gasteiger partial charge in [-0.1, -0.05) is 106 Å². The van der Waals surface area contributed by atoms with Crippen LogP contribution in [0.3, 0.4) is 0 Å². The smallest absolute Gasteiger partial charge is 0.261 e. The highest BCUT2D eigenvalue weighted by molar-refractivity contribution is 6.36. The number of benzene rings is 3. The van der Waals surface area contributed by atoms with Crippen molar-refractivity contribution >= 4 is 35.0 Å². The van der Waals surface area contributed by atoms with Crippen LogP contribution in [-0.2, 0) is 28.0 Å². The molecule has 0 radical (unpaired) electrons. The van der Waals surface area contributed by atoms with Crippen LogP contribution in [0, 0.1) is 5.92 Å². The highest BCUT2D eigenvalue weighted by Crippen LogP contribution is 2.28. The second-order valence-corrected chi connectivity index (χ2v) is 11.9. The molecule has 1 N–H and O–H groups in total. The quantitative estimate of drug-likeness (QED) is 0.269. The predicted octanol–water partition coefficient (Wildman–Crippen LogP) is 7.08. The molecule has 0 aliphatic rings. The highest BCUT2D eigenvalue weighted by Gasteiger charge is 2.31. The van der Waals surface area contributed by atoms with E-state index in [1.807, 2.05) is 68.4 Å². The van der Waals surface area contributed by atoms with E-state index in [2.05, 4.69) is 26.1 Å². The summed E-state index contributed by atoms with van der Waals surface area (Å²) >= 11 is 13.0. The molecule has 3 rings (SSSR count). The van der Waals surface area contributed by atoms with Crippen LogP contribution in [0.4, 0.5) is 0 Å². The van der Waals surface area contributed by atoms with Gasteiger partial charge in [0, 0.05) is 35.1 Å². The van der Waals surface area contributed by atoms with Crippen molar-refractivity contribution in [2.24, 2.45) is 5.92 Å². The summed E-state index contributed by atoms with van der Waals surface area (Å²) in [5.41, 5.74) is 2.69. The molecule has 0 aromatic heterocycles. The van der Waals surface area contributed by atoms with E-state index < -0.39 is 6.04 Å². The van der Waals surface area contributed by atoms with Crippen molar-refractivity contribution in [1.82, 2.24) is 10.2 Å². The zero-order chi connectivity index (χ0) is 28.6. The molecular formula is C32H38Cl2N2O3. The molecule has 0 saturated carbocycles. The van der Waals surface area contributed by atoms with Crippen LogP contribution in [0.25, 0.3) is 0 Å². The van der Waals surface area contributed by atoms with Gasteiger partial charge in [-0.05, 0) is 46.7 Å². The Morgan fingerprint density at radius 1 is 0.897 bits per heavy atom. The maximum absolute atomic E-state index is 13.8. The molecule has 1 atom stereocenters. The lowest BCUT2D eigenvalue weighted by Gasteiger charge is -2.32. The van der Waals surface area contributed by atoms with Gasteiger partial charge in [0.15, 0.2) is 6.61 Å². The Kier molecular flexibility index (Phi) is 10.8. The largest absolute Gasteiger partial charge is 0.484 e. The topological polar surface area (TPSA) is 58.6 Å². The second-order valence-electron chi connectivity index (χ2n) is 11.1. The maximum atomic E-state index is 13.8. The van der Waals surface area contributed by atoms with E-state index >= 15 is 0 Å². The van der Waals surface area contributed by atoms with Crippen LogP contribution in [0.2, 0.25) is 10.0 Å². The van der Waals surface area contributed by atoms with Crippen molar-refractivity contribution in [3.63, 3.8) is 0 Å². The van der Waals surface area contributed by atoms with Crippen molar-refractivity contribution in [2.45, 2.75) is 59.0 Å². The number of nitrogens with zero attached hydrogens (tertiary/aromatic N) is 1.